The highest BCUT2D eigenvalue weighted by Gasteiger charge is 2.44. The highest BCUT2D eigenvalue weighted by Crippen LogP contribution is 2.32. The summed E-state index contributed by atoms with van der Waals surface area (Å²) in [6, 6.07) is 0. The average Bonchev–Trinajstić information content (AvgIpc) is 1.86. The monoisotopic (exact) mass is 169 g/mol. The topological polar surface area (TPSA) is 32.3 Å². The summed E-state index contributed by atoms with van der Waals surface area (Å²) in [5.41, 5.74) is 0. The van der Waals surface area contributed by atoms with Crippen LogP contribution >= 0.6 is 0 Å². The molecule has 11 heavy (non-hydrogen) atoms. The fourth-order valence-corrected chi connectivity index (χ4v) is 1.22. The lowest BCUT2D eigenvalue weighted by molar-refractivity contribution is -0.204. The van der Waals surface area contributed by atoms with Crippen LogP contribution in [0, 0.1) is 5.92 Å². The summed E-state index contributed by atoms with van der Waals surface area (Å²) >= 11 is 0. The molecule has 0 aromatic carbocycles. The SMILES string of the molecule is OC1CNCCC1C(F)(F)F. The Balaban J connectivity index is 2.55. The lowest BCUT2D eigenvalue weighted by Crippen LogP contribution is -2.46. The summed E-state index contributed by atoms with van der Waals surface area (Å²) in [5.74, 6) is -1.54. The molecule has 1 aliphatic heterocycles. The van der Waals surface area contributed by atoms with E-state index in [1.807, 2.05) is 0 Å². The van der Waals surface area contributed by atoms with Gasteiger partial charge in [-0.3, -0.25) is 0 Å². The Hall–Kier alpha value is -0.290. The van der Waals surface area contributed by atoms with E-state index in [9.17, 15) is 13.2 Å². The molecule has 0 aromatic heterocycles. The number of rotatable bonds is 0. The number of nitrogens with one attached hydrogen (secondary N) is 1. The third kappa shape index (κ3) is 2.07. The van der Waals surface area contributed by atoms with Crippen molar-refractivity contribution in [1.82, 2.24) is 5.32 Å². The Labute approximate surface area is 62.4 Å². The number of aliphatic hydroxyl groups excluding tert-OH is 1. The van der Waals surface area contributed by atoms with Crippen LogP contribution in [0.25, 0.3) is 0 Å². The van der Waals surface area contributed by atoms with E-state index in [-0.39, 0.29) is 13.0 Å². The van der Waals surface area contributed by atoms with Crippen molar-refractivity contribution in [3.63, 3.8) is 0 Å². The van der Waals surface area contributed by atoms with E-state index in [0.29, 0.717) is 6.54 Å². The fourth-order valence-electron chi connectivity index (χ4n) is 1.22. The molecule has 1 fully saturated rings. The van der Waals surface area contributed by atoms with Gasteiger partial charge in [0.15, 0.2) is 0 Å². The predicted octanol–water partition coefficient (Wildman–Crippen LogP) is 0.519. The highest BCUT2D eigenvalue weighted by atomic mass is 19.4. The number of piperidine rings is 1. The normalized spacial score (nSPS) is 33.8. The smallest absolute Gasteiger partial charge is 0.391 e. The van der Waals surface area contributed by atoms with E-state index in [1.54, 1.807) is 0 Å². The van der Waals surface area contributed by atoms with Gasteiger partial charge in [0.25, 0.3) is 0 Å². The molecule has 5 heteroatoms. The number of β-amino-alcohol motifs (C(OH)–C–C–N with tert-alkyl or cyclic N) is 1. The van der Waals surface area contributed by atoms with Crippen LogP contribution in [0.3, 0.4) is 0 Å². The number of aliphatic hydroxyl groups is 1. The van der Waals surface area contributed by atoms with Crippen molar-refractivity contribution in [2.75, 3.05) is 13.1 Å². The van der Waals surface area contributed by atoms with Crippen LogP contribution in [0.5, 0.6) is 0 Å². The van der Waals surface area contributed by atoms with Crippen molar-refractivity contribution in [3.05, 3.63) is 0 Å². The van der Waals surface area contributed by atoms with Gasteiger partial charge in [0.2, 0.25) is 0 Å². The average molecular weight is 169 g/mol. The summed E-state index contributed by atoms with van der Waals surface area (Å²) < 4.78 is 36.0. The standard InChI is InChI=1S/C6H10F3NO/c7-6(8,9)4-1-2-10-3-5(4)11/h4-5,10-11H,1-3H2. The second-order valence-corrected chi connectivity index (χ2v) is 2.71. The molecule has 2 unspecified atom stereocenters. The van der Waals surface area contributed by atoms with E-state index < -0.39 is 18.2 Å². The fraction of sp³-hybridized carbons (Fsp3) is 1.00. The first kappa shape index (κ1) is 8.80. The number of alkyl halides is 3. The number of hydrogen-bond acceptors (Lipinski definition) is 2. The zero-order valence-corrected chi connectivity index (χ0v) is 5.86. The molecular formula is C6H10F3NO. The molecule has 0 saturated carbocycles. The summed E-state index contributed by atoms with van der Waals surface area (Å²) in [4.78, 5) is 0. The van der Waals surface area contributed by atoms with Crippen LogP contribution in [0.2, 0.25) is 0 Å². The molecule has 0 amide bonds. The molecule has 0 aromatic rings. The van der Waals surface area contributed by atoms with Gasteiger partial charge >= 0.3 is 6.18 Å². The van der Waals surface area contributed by atoms with Gasteiger partial charge in [-0.1, -0.05) is 0 Å². The molecule has 0 radical (unpaired) electrons. The molecule has 0 aliphatic carbocycles. The van der Waals surface area contributed by atoms with Gasteiger partial charge in [0.05, 0.1) is 12.0 Å². The molecule has 0 spiro atoms. The maximum atomic E-state index is 12.0. The largest absolute Gasteiger partial charge is 0.394 e. The maximum Gasteiger partial charge on any atom is 0.394 e. The zero-order chi connectivity index (χ0) is 8.48. The van der Waals surface area contributed by atoms with Gasteiger partial charge in [-0.2, -0.15) is 13.2 Å². The molecule has 1 saturated heterocycles. The minimum atomic E-state index is -4.25. The van der Waals surface area contributed by atoms with Crippen LogP contribution in [0.15, 0.2) is 0 Å². The molecule has 66 valence electrons. The van der Waals surface area contributed by atoms with Crippen molar-refractivity contribution >= 4 is 0 Å². The predicted molar refractivity (Wildman–Crippen MR) is 33.0 cm³/mol. The zero-order valence-electron chi connectivity index (χ0n) is 5.86. The Morgan fingerprint density at radius 2 is 2.00 bits per heavy atom. The van der Waals surface area contributed by atoms with Crippen LogP contribution in [0.4, 0.5) is 13.2 Å². The summed E-state index contributed by atoms with van der Waals surface area (Å²) in [6.07, 6.45) is -5.55. The van der Waals surface area contributed by atoms with Crippen LogP contribution in [0.1, 0.15) is 6.42 Å². The van der Waals surface area contributed by atoms with Gasteiger partial charge in [0.1, 0.15) is 0 Å². The third-order valence-electron chi connectivity index (χ3n) is 1.87. The van der Waals surface area contributed by atoms with E-state index in [4.69, 9.17) is 5.11 Å². The quantitative estimate of drug-likeness (QED) is 0.554. The summed E-state index contributed by atoms with van der Waals surface area (Å²) in [5, 5.41) is 11.6. The molecule has 2 atom stereocenters. The first-order valence-electron chi connectivity index (χ1n) is 3.47. The first-order chi connectivity index (χ1) is 5.02. The molecular weight excluding hydrogens is 159 g/mol. The molecule has 1 aliphatic rings. The first-order valence-corrected chi connectivity index (χ1v) is 3.47. The summed E-state index contributed by atoms with van der Waals surface area (Å²) in [7, 11) is 0. The van der Waals surface area contributed by atoms with E-state index in [2.05, 4.69) is 5.32 Å². The van der Waals surface area contributed by atoms with E-state index >= 15 is 0 Å². The Morgan fingerprint density at radius 1 is 1.36 bits per heavy atom. The molecule has 2 nitrogen and oxygen atoms in total. The van der Waals surface area contributed by atoms with Crippen molar-refractivity contribution in [2.24, 2.45) is 5.92 Å². The van der Waals surface area contributed by atoms with Gasteiger partial charge in [-0.05, 0) is 13.0 Å². The van der Waals surface area contributed by atoms with Crippen LogP contribution in [-0.4, -0.2) is 30.5 Å². The van der Waals surface area contributed by atoms with Crippen LogP contribution in [-0.2, 0) is 0 Å². The van der Waals surface area contributed by atoms with Crippen molar-refractivity contribution in [2.45, 2.75) is 18.7 Å². The van der Waals surface area contributed by atoms with Gasteiger partial charge in [-0.15, -0.1) is 0 Å². The van der Waals surface area contributed by atoms with Crippen molar-refractivity contribution < 1.29 is 18.3 Å². The number of halogens is 3. The Morgan fingerprint density at radius 3 is 2.36 bits per heavy atom. The lowest BCUT2D eigenvalue weighted by atomic mass is 9.95. The van der Waals surface area contributed by atoms with Crippen LogP contribution < -0.4 is 5.32 Å². The van der Waals surface area contributed by atoms with E-state index in [1.165, 1.54) is 0 Å². The molecule has 2 N–H and O–H groups in total. The van der Waals surface area contributed by atoms with Crippen molar-refractivity contribution in [1.29, 1.82) is 0 Å². The van der Waals surface area contributed by atoms with Crippen molar-refractivity contribution in [3.8, 4) is 0 Å². The molecule has 1 rings (SSSR count). The minimum Gasteiger partial charge on any atom is -0.391 e. The van der Waals surface area contributed by atoms with Gasteiger partial charge in [0, 0.05) is 6.54 Å². The lowest BCUT2D eigenvalue weighted by Gasteiger charge is -2.29. The second-order valence-electron chi connectivity index (χ2n) is 2.71. The van der Waals surface area contributed by atoms with E-state index in [0.717, 1.165) is 0 Å². The second kappa shape index (κ2) is 2.98. The Kier molecular flexibility index (Phi) is 2.39. The van der Waals surface area contributed by atoms with Gasteiger partial charge in [-0.25, -0.2) is 0 Å². The molecule has 1 heterocycles. The molecule has 0 bridgehead atoms. The highest BCUT2D eigenvalue weighted by molar-refractivity contribution is 4.81. The summed E-state index contributed by atoms with van der Waals surface area (Å²) in [6.45, 7) is 0.380. The van der Waals surface area contributed by atoms with Gasteiger partial charge < -0.3 is 10.4 Å². The Bertz CT molecular complexity index is 136. The minimum absolute atomic E-state index is 0.0231. The number of hydrogen-bond donors (Lipinski definition) is 2. The maximum absolute atomic E-state index is 12.0. The third-order valence-corrected chi connectivity index (χ3v) is 1.87.